The monoisotopic (exact) mass is 286 g/mol. The molecule has 3 aliphatic rings. The summed E-state index contributed by atoms with van der Waals surface area (Å²) in [6.45, 7) is 0. The van der Waals surface area contributed by atoms with E-state index in [-0.39, 0.29) is 5.91 Å². The lowest BCUT2D eigenvalue weighted by molar-refractivity contribution is -0.115. The minimum Gasteiger partial charge on any atom is -0.326 e. The van der Waals surface area contributed by atoms with Crippen LogP contribution in [0.3, 0.4) is 0 Å². The Bertz CT molecular complexity index is 649. The van der Waals surface area contributed by atoms with Crippen LogP contribution in [0.5, 0.6) is 0 Å². The number of nitrogens with zero attached hydrogens (tertiary/aromatic N) is 2. The Morgan fingerprint density at radius 3 is 3.00 bits per heavy atom. The van der Waals surface area contributed by atoms with E-state index in [2.05, 4.69) is 20.8 Å². The number of amides is 1. The molecule has 5 nitrogen and oxygen atoms in total. The number of hydrazone groups is 1. The molecule has 1 aromatic carbocycles. The Morgan fingerprint density at radius 2 is 2.25 bits per heavy atom. The summed E-state index contributed by atoms with van der Waals surface area (Å²) in [7, 11) is 0. The molecule has 1 amide bonds. The molecule has 0 radical (unpaired) electrons. The van der Waals surface area contributed by atoms with Crippen LogP contribution >= 0.6 is 11.8 Å². The normalized spacial score (nSPS) is 23.1. The van der Waals surface area contributed by atoms with Crippen molar-refractivity contribution in [1.82, 2.24) is 5.43 Å². The van der Waals surface area contributed by atoms with E-state index < -0.39 is 0 Å². The lowest BCUT2D eigenvalue weighted by atomic mass is 10.1. The van der Waals surface area contributed by atoms with Gasteiger partial charge in [0.25, 0.3) is 0 Å². The van der Waals surface area contributed by atoms with E-state index in [9.17, 15) is 4.79 Å². The van der Waals surface area contributed by atoms with Crippen molar-refractivity contribution in [2.24, 2.45) is 10.1 Å². The molecule has 1 aliphatic carbocycles. The zero-order valence-corrected chi connectivity index (χ0v) is 11.7. The summed E-state index contributed by atoms with van der Waals surface area (Å²) in [5.74, 6) is 0.875. The summed E-state index contributed by atoms with van der Waals surface area (Å²) < 4.78 is 0. The zero-order valence-electron chi connectivity index (χ0n) is 10.8. The third-order valence-electron chi connectivity index (χ3n) is 3.55. The fourth-order valence-corrected chi connectivity index (χ4v) is 3.13. The van der Waals surface area contributed by atoms with Crippen LogP contribution in [0.25, 0.3) is 0 Å². The molecule has 1 aromatic rings. The van der Waals surface area contributed by atoms with Gasteiger partial charge in [-0.2, -0.15) is 5.10 Å². The Hall–Kier alpha value is -1.82. The maximum absolute atomic E-state index is 11.4. The Morgan fingerprint density at radius 1 is 1.35 bits per heavy atom. The van der Waals surface area contributed by atoms with Crippen molar-refractivity contribution in [3.63, 3.8) is 0 Å². The number of amidine groups is 1. The van der Waals surface area contributed by atoms with Crippen LogP contribution in [0, 0.1) is 0 Å². The molecule has 2 aliphatic heterocycles. The maximum atomic E-state index is 11.4. The molecule has 0 spiro atoms. The number of carbonyl (C=O) groups is 1. The van der Waals surface area contributed by atoms with Crippen LogP contribution in [0.1, 0.15) is 24.0 Å². The first-order valence-electron chi connectivity index (χ1n) is 6.74. The Kier molecular flexibility index (Phi) is 2.77. The van der Waals surface area contributed by atoms with Gasteiger partial charge in [0.15, 0.2) is 5.17 Å². The average Bonchev–Trinajstić information content (AvgIpc) is 3.18. The largest absolute Gasteiger partial charge is 0.326 e. The molecule has 1 saturated carbocycles. The van der Waals surface area contributed by atoms with Crippen molar-refractivity contribution in [2.75, 3.05) is 11.1 Å². The second kappa shape index (κ2) is 4.63. The quantitative estimate of drug-likeness (QED) is 0.870. The first kappa shape index (κ1) is 12.0. The second-order valence-corrected chi connectivity index (χ2v) is 6.19. The van der Waals surface area contributed by atoms with E-state index in [4.69, 9.17) is 0 Å². The van der Waals surface area contributed by atoms with Gasteiger partial charge in [-0.05, 0) is 24.5 Å². The lowest BCUT2D eigenvalue weighted by Gasteiger charge is -2.15. The number of hydrogen-bond donors (Lipinski definition) is 2. The first-order chi connectivity index (χ1) is 9.78. The smallest absolute Gasteiger partial charge is 0.228 e. The van der Waals surface area contributed by atoms with E-state index >= 15 is 0 Å². The van der Waals surface area contributed by atoms with Crippen molar-refractivity contribution < 1.29 is 4.79 Å². The van der Waals surface area contributed by atoms with Gasteiger partial charge in [0.1, 0.15) is 0 Å². The SMILES string of the molecule is O=C1Cc2ccc(C3=NNC(=NC4CC4)SC3)cc2N1. The van der Waals surface area contributed by atoms with Crippen molar-refractivity contribution in [2.45, 2.75) is 25.3 Å². The first-order valence-corrected chi connectivity index (χ1v) is 7.73. The predicted molar refractivity (Wildman–Crippen MR) is 81.4 cm³/mol. The molecule has 1 fully saturated rings. The van der Waals surface area contributed by atoms with Crippen molar-refractivity contribution in [3.05, 3.63) is 29.3 Å². The van der Waals surface area contributed by atoms with Gasteiger partial charge in [-0.25, -0.2) is 0 Å². The molecule has 0 aromatic heterocycles. The highest BCUT2D eigenvalue weighted by Crippen LogP contribution is 2.27. The Labute approximate surface area is 120 Å². The van der Waals surface area contributed by atoms with Crippen LogP contribution in [0.4, 0.5) is 5.69 Å². The summed E-state index contributed by atoms with van der Waals surface area (Å²) in [6.07, 6.45) is 2.88. The summed E-state index contributed by atoms with van der Waals surface area (Å²) in [5.41, 5.74) is 7.05. The highest BCUT2D eigenvalue weighted by molar-refractivity contribution is 8.14. The maximum Gasteiger partial charge on any atom is 0.228 e. The van der Waals surface area contributed by atoms with Gasteiger partial charge in [-0.3, -0.25) is 15.2 Å². The fraction of sp³-hybridized carbons (Fsp3) is 0.357. The van der Waals surface area contributed by atoms with Crippen LogP contribution in [-0.4, -0.2) is 28.6 Å². The third kappa shape index (κ3) is 2.31. The standard InChI is InChI=1S/C14H14N4OS/c19-13-6-9-2-1-8(5-11(9)16-13)12-7-20-14(18-17-12)15-10-3-4-10/h1-2,5,10H,3-4,6-7H2,(H,15,18)(H,16,19). The number of nitrogens with one attached hydrogen (secondary N) is 2. The number of rotatable bonds is 2. The number of thioether (sulfide) groups is 1. The van der Waals surface area contributed by atoms with Crippen LogP contribution < -0.4 is 10.7 Å². The Balaban J connectivity index is 1.55. The summed E-state index contributed by atoms with van der Waals surface area (Å²) in [6, 6.07) is 6.55. The highest BCUT2D eigenvalue weighted by atomic mass is 32.2. The minimum atomic E-state index is 0.0640. The molecule has 6 heteroatoms. The van der Waals surface area contributed by atoms with Crippen LogP contribution in [-0.2, 0) is 11.2 Å². The molecule has 102 valence electrons. The van der Waals surface area contributed by atoms with Gasteiger partial charge in [-0.15, -0.1) is 0 Å². The summed E-state index contributed by atoms with van der Waals surface area (Å²) >= 11 is 1.69. The molecule has 4 rings (SSSR count). The minimum absolute atomic E-state index is 0.0640. The molecule has 0 saturated heterocycles. The number of aliphatic imine (C=N–C) groups is 1. The van der Waals surface area contributed by atoms with Gasteiger partial charge in [0.2, 0.25) is 5.91 Å². The van der Waals surface area contributed by atoms with Gasteiger partial charge in [0, 0.05) is 17.0 Å². The molecule has 0 unspecified atom stereocenters. The van der Waals surface area contributed by atoms with E-state index in [0.717, 1.165) is 33.4 Å². The number of carbonyl (C=O) groups excluding carboxylic acids is 1. The molecule has 20 heavy (non-hydrogen) atoms. The zero-order chi connectivity index (χ0) is 13.5. The van der Waals surface area contributed by atoms with Gasteiger partial charge < -0.3 is 5.32 Å². The van der Waals surface area contributed by atoms with Crippen LogP contribution in [0.2, 0.25) is 0 Å². The molecular weight excluding hydrogens is 272 g/mol. The molecule has 2 heterocycles. The molecular formula is C14H14N4OS. The number of hydrogen-bond acceptors (Lipinski definition) is 4. The molecule has 0 bridgehead atoms. The van der Waals surface area contributed by atoms with Crippen molar-refractivity contribution >= 4 is 34.2 Å². The van der Waals surface area contributed by atoms with Crippen molar-refractivity contribution in [1.29, 1.82) is 0 Å². The number of benzene rings is 1. The van der Waals surface area contributed by atoms with Gasteiger partial charge in [-0.1, -0.05) is 23.9 Å². The summed E-state index contributed by atoms with van der Waals surface area (Å²) in [5, 5.41) is 8.21. The van der Waals surface area contributed by atoms with E-state index in [1.54, 1.807) is 11.8 Å². The fourth-order valence-electron chi connectivity index (χ4n) is 2.29. The lowest BCUT2D eigenvalue weighted by Crippen LogP contribution is -2.25. The third-order valence-corrected chi connectivity index (χ3v) is 4.43. The van der Waals surface area contributed by atoms with E-state index in [0.29, 0.717) is 12.5 Å². The van der Waals surface area contributed by atoms with Crippen molar-refractivity contribution in [3.8, 4) is 0 Å². The van der Waals surface area contributed by atoms with Gasteiger partial charge >= 0.3 is 0 Å². The van der Waals surface area contributed by atoms with E-state index in [1.165, 1.54) is 12.8 Å². The molecule has 0 atom stereocenters. The predicted octanol–water partition coefficient (Wildman–Crippen LogP) is 1.74. The summed E-state index contributed by atoms with van der Waals surface area (Å²) in [4.78, 5) is 15.9. The van der Waals surface area contributed by atoms with E-state index in [1.807, 2.05) is 18.2 Å². The molecule has 2 N–H and O–H groups in total. The van der Waals surface area contributed by atoms with Crippen LogP contribution in [0.15, 0.2) is 28.3 Å². The highest BCUT2D eigenvalue weighted by Gasteiger charge is 2.23. The average molecular weight is 286 g/mol. The van der Waals surface area contributed by atoms with Gasteiger partial charge in [0.05, 0.1) is 18.2 Å². The second-order valence-electron chi connectivity index (χ2n) is 5.22. The number of anilines is 1. The topological polar surface area (TPSA) is 65.8 Å². The number of fused-ring (bicyclic) bond motifs is 1.